The second kappa shape index (κ2) is 6.38. The zero-order valence-electron chi connectivity index (χ0n) is 16.1. The lowest BCUT2D eigenvalue weighted by atomic mass is 9.96. The highest BCUT2D eigenvalue weighted by molar-refractivity contribution is 5.80. The predicted octanol–water partition coefficient (Wildman–Crippen LogP) is 3.11. The Morgan fingerprint density at radius 3 is 2.77 bits per heavy atom. The summed E-state index contributed by atoms with van der Waals surface area (Å²) in [7, 11) is 0. The molecule has 0 radical (unpaired) electrons. The van der Waals surface area contributed by atoms with Crippen molar-refractivity contribution >= 4 is 11.5 Å². The number of aryl methyl sites for hydroxylation is 1. The fraction of sp³-hybridized carbons (Fsp3) is 0.238. The SMILES string of the molecule is Cc1ccc(-c2cc3c(n4cnnc24)NCc2c(F)ccc4c2[C@@H](CO4)CO3)nn1. The van der Waals surface area contributed by atoms with E-state index in [9.17, 15) is 4.39 Å². The van der Waals surface area contributed by atoms with Gasteiger partial charge in [-0.3, -0.25) is 4.40 Å². The average molecular weight is 404 g/mol. The number of halogens is 1. The summed E-state index contributed by atoms with van der Waals surface area (Å²) in [4.78, 5) is 0. The molecule has 2 aliphatic heterocycles. The first-order chi connectivity index (χ1) is 14.7. The molecular weight excluding hydrogens is 387 g/mol. The maximum atomic E-state index is 14.7. The third-order valence-electron chi connectivity index (χ3n) is 5.59. The van der Waals surface area contributed by atoms with Crippen molar-refractivity contribution in [3.05, 3.63) is 59.3 Å². The Bertz CT molecular complexity index is 1290. The Morgan fingerprint density at radius 1 is 1.07 bits per heavy atom. The summed E-state index contributed by atoms with van der Waals surface area (Å²) in [5.74, 6) is 1.69. The Kier molecular flexibility index (Phi) is 3.64. The molecule has 0 saturated carbocycles. The first-order valence-corrected chi connectivity index (χ1v) is 9.67. The molecule has 150 valence electrons. The molecule has 8 nitrogen and oxygen atoms in total. The van der Waals surface area contributed by atoms with Gasteiger partial charge in [-0.15, -0.1) is 10.2 Å². The average Bonchev–Trinajstić information content (AvgIpc) is 3.40. The number of ether oxygens (including phenoxy) is 2. The van der Waals surface area contributed by atoms with Crippen LogP contribution in [0.3, 0.4) is 0 Å². The standard InChI is InChI=1S/C21H17FN6O2/c1-11-2-4-16(26-25-11)13-6-18-21(28-10-24-27-20(13)28)23-7-14-15(22)3-5-17-19(14)12(8-29-17)9-30-18/h2-6,10,12,23H,7-9H2,1H3/t12-/m0/s1. The van der Waals surface area contributed by atoms with E-state index in [1.165, 1.54) is 6.07 Å². The number of aromatic nitrogens is 5. The van der Waals surface area contributed by atoms with E-state index in [0.29, 0.717) is 48.2 Å². The minimum Gasteiger partial charge on any atom is -0.493 e. The predicted molar refractivity (Wildman–Crippen MR) is 106 cm³/mol. The monoisotopic (exact) mass is 404 g/mol. The third kappa shape index (κ3) is 2.51. The number of hydrogen-bond donors (Lipinski definition) is 1. The molecule has 0 unspecified atom stereocenters. The minimum absolute atomic E-state index is 0.0438. The van der Waals surface area contributed by atoms with Crippen LogP contribution in [0.4, 0.5) is 10.2 Å². The number of benzene rings is 1. The van der Waals surface area contributed by atoms with Crippen molar-refractivity contribution in [3.63, 3.8) is 0 Å². The van der Waals surface area contributed by atoms with Crippen LogP contribution >= 0.6 is 0 Å². The van der Waals surface area contributed by atoms with Gasteiger partial charge in [0.2, 0.25) is 0 Å². The van der Waals surface area contributed by atoms with E-state index in [-0.39, 0.29) is 11.7 Å². The van der Waals surface area contributed by atoms with Crippen molar-refractivity contribution in [2.75, 3.05) is 18.5 Å². The molecule has 1 N–H and O–H groups in total. The fourth-order valence-corrected chi connectivity index (χ4v) is 4.12. The summed E-state index contributed by atoms with van der Waals surface area (Å²) >= 11 is 0. The topological polar surface area (TPSA) is 86.5 Å². The van der Waals surface area contributed by atoms with Crippen LogP contribution in [-0.2, 0) is 6.54 Å². The van der Waals surface area contributed by atoms with Crippen LogP contribution in [0.1, 0.15) is 22.7 Å². The molecule has 0 aliphatic carbocycles. The zero-order chi connectivity index (χ0) is 20.2. The van der Waals surface area contributed by atoms with Crippen molar-refractivity contribution in [1.29, 1.82) is 0 Å². The Labute approximate surface area is 170 Å². The highest BCUT2D eigenvalue weighted by Crippen LogP contribution is 2.41. The van der Waals surface area contributed by atoms with Gasteiger partial charge in [-0.1, -0.05) is 0 Å². The van der Waals surface area contributed by atoms with E-state index in [2.05, 4.69) is 25.7 Å². The van der Waals surface area contributed by atoms with Gasteiger partial charge in [0.15, 0.2) is 17.2 Å². The number of nitrogens with one attached hydrogen (secondary N) is 1. The molecular formula is C21H17FN6O2. The van der Waals surface area contributed by atoms with Crippen LogP contribution in [0.5, 0.6) is 11.5 Å². The van der Waals surface area contributed by atoms with Gasteiger partial charge in [-0.05, 0) is 37.3 Å². The zero-order valence-corrected chi connectivity index (χ0v) is 16.1. The highest BCUT2D eigenvalue weighted by Gasteiger charge is 2.31. The Balaban J connectivity index is 1.51. The molecule has 1 aromatic carbocycles. The molecule has 0 bridgehead atoms. The van der Waals surface area contributed by atoms with Gasteiger partial charge >= 0.3 is 0 Å². The molecule has 0 saturated heterocycles. The van der Waals surface area contributed by atoms with Gasteiger partial charge < -0.3 is 14.8 Å². The van der Waals surface area contributed by atoms with Crippen molar-refractivity contribution < 1.29 is 13.9 Å². The maximum Gasteiger partial charge on any atom is 0.171 e. The van der Waals surface area contributed by atoms with Crippen LogP contribution in [0, 0.1) is 12.7 Å². The maximum absolute atomic E-state index is 14.7. The first-order valence-electron chi connectivity index (χ1n) is 9.67. The normalized spacial score (nSPS) is 17.1. The number of nitrogens with zero attached hydrogens (tertiary/aromatic N) is 5. The first kappa shape index (κ1) is 17.1. The second-order valence-electron chi connectivity index (χ2n) is 7.47. The van der Waals surface area contributed by atoms with Crippen LogP contribution in [-0.4, -0.2) is 38.0 Å². The number of rotatable bonds is 1. The quantitative estimate of drug-likeness (QED) is 0.522. The smallest absolute Gasteiger partial charge is 0.171 e. The molecule has 30 heavy (non-hydrogen) atoms. The summed E-state index contributed by atoms with van der Waals surface area (Å²) in [6.45, 7) is 3.01. The van der Waals surface area contributed by atoms with Gasteiger partial charge in [0.05, 0.1) is 36.1 Å². The van der Waals surface area contributed by atoms with Crippen molar-refractivity contribution in [3.8, 4) is 22.8 Å². The molecule has 5 heterocycles. The lowest BCUT2D eigenvalue weighted by molar-refractivity contribution is 0.249. The largest absolute Gasteiger partial charge is 0.493 e. The number of fused-ring (bicyclic) bond motifs is 3. The van der Waals surface area contributed by atoms with Crippen LogP contribution in [0.25, 0.3) is 16.9 Å². The molecule has 3 aromatic heterocycles. The van der Waals surface area contributed by atoms with E-state index in [1.54, 1.807) is 16.8 Å². The molecule has 9 heteroatoms. The molecule has 2 aliphatic rings. The molecule has 4 aromatic rings. The van der Waals surface area contributed by atoms with Crippen LogP contribution < -0.4 is 14.8 Å². The van der Waals surface area contributed by atoms with E-state index >= 15 is 0 Å². The summed E-state index contributed by atoms with van der Waals surface area (Å²) in [6.07, 6.45) is 1.60. The van der Waals surface area contributed by atoms with Crippen LogP contribution in [0.15, 0.2) is 36.7 Å². The second-order valence-corrected chi connectivity index (χ2v) is 7.47. The van der Waals surface area contributed by atoms with Crippen molar-refractivity contribution in [2.45, 2.75) is 19.4 Å². The fourth-order valence-electron chi connectivity index (χ4n) is 4.12. The molecule has 0 fully saturated rings. The lowest BCUT2D eigenvalue weighted by Gasteiger charge is -2.16. The number of pyridine rings is 1. The summed E-state index contributed by atoms with van der Waals surface area (Å²) < 4.78 is 28.4. The van der Waals surface area contributed by atoms with Crippen molar-refractivity contribution in [2.24, 2.45) is 0 Å². The number of anilines is 1. The minimum atomic E-state index is -0.258. The Morgan fingerprint density at radius 2 is 1.93 bits per heavy atom. The third-order valence-corrected chi connectivity index (χ3v) is 5.59. The van der Waals surface area contributed by atoms with E-state index in [1.807, 2.05) is 25.1 Å². The van der Waals surface area contributed by atoms with Gasteiger partial charge in [-0.25, -0.2) is 4.39 Å². The van der Waals surface area contributed by atoms with E-state index in [0.717, 1.165) is 22.6 Å². The molecule has 6 rings (SSSR count). The summed E-state index contributed by atoms with van der Waals surface area (Å²) in [6, 6.07) is 8.81. The Hall–Kier alpha value is -3.75. The number of hydrogen-bond acceptors (Lipinski definition) is 7. The molecule has 0 amide bonds. The van der Waals surface area contributed by atoms with E-state index < -0.39 is 0 Å². The van der Waals surface area contributed by atoms with Crippen molar-refractivity contribution in [1.82, 2.24) is 24.8 Å². The van der Waals surface area contributed by atoms with Gasteiger partial charge in [-0.2, -0.15) is 10.2 Å². The summed E-state index contributed by atoms with van der Waals surface area (Å²) in [5, 5.41) is 20.1. The van der Waals surface area contributed by atoms with E-state index in [4.69, 9.17) is 9.47 Å². The van der Waals surface area contributed by atoms with Gasteiger partial charge in [0.1, 0.15) is 17.9 Å². The van der Waals surface area contributed by atoms with Crippen LogP contribution in [0.2, 0.25) is 0 Å². The molecule has 0 spiro atoms. The van der Waals surface area contributed by atoms with Gasteiger partial charge in [0, 0.05) is 17.7 Å². The summed E-state index contributed by atoms with van der Waals surface area (Å²) in [5.41, 5.74) is 4.34. The molecule has 1 atom stereocenters. The highest BCUT2D eigenvalue weighted by atomic mass is 19.1. The lowest BCUT2D eigenvalue weighted by Crippen LogP contribution is -2.13. The van der Waals surface area contributed by atoms with Gasteiger partial charge in [0.25, 0.3) is 0 Å².